The average molecular weight is 317 g/mol. The Labute approximate surface area is 131 Å². The summed E-state index contributed by atoms with van der Waals surface area (Å²) >= 11 is 1.51. The van der Waals surface area contributed by atoms with Gasteiger partial charge >= 0.3 is 5.97 Å². The van der Waals surface area contributed by atoms with E-state index in [4.69, 9.17) is 9.47 Å². The van der Waals surface area contributed by atoms with E-state index in [0.717, 1.165) is 31.7 Å². The first-order valence-electron chi connectivity index (χ1n) is 6.84. The number of carbonyl (C=O) groups is 1. The molecule has 6 nitrogen and oxygen atoms in total. The van der Waals surface area contributed by atoms with Crippen LogP contribution < -0.4 is 4.74 Å². The molecule has 0 radical (unpaired) electrons. The summed E-state index contributed by atoms with van der Waals surface area (Å²) in [6.45, 7) is 5.84. The number of rotatable bonds is 4. The van der Waals surface area contributed by atoms with Crippen LogP contribution in [0.3, 0.4) is 0 Å². The maximum absolute atomic E-state index is 10.7. The Hall–Kier alpha value is -2.28. The molecule has 22 heavy (non-hydrogen) atoms. The van der Waals surface area contributed by atoms with Crippen LogP contribution in [0.5, 0.6) is 5.88 Å². The van der Waals surface area contributed by atoms with Crippen LogP contribution in [0, 0.1) is 13.8 Å². The zero-order valence-electron chi connectivity index (χ0n) is 12.5. The van der Waals surface area contributed by atoms with E-state index >= 15 is 0 Å². The van der Waals surface area contributed by atoms with Gasteiger partial charge in [0.15, 0.2) is 0 Å². The Bertz CT molecular complexity index is 860. The van der Waals surface area contributed by atoms with Crippen molar-refractivity contribution in [1.82, 2.24) is 15.0 Å². The predicted molar refractivity (Wildman–Crippen MR) is 84.3 cm³/mol. The topological polar surface area (TPSA) is 74.2 Å². The zero-order chi connectivity index (χ0) is 15.7. The second-order valence-corrected chi connectivity index (χ2v) is 5.91. The molecule has 0 aliphatic heterocycles. The largest absolute Gasteiger partial charge is 0.473 e. The van der Waals surface area contributed by atoms with Gasteiger partial charge in [-0.15, -0.1) is 11.3 Å². The third-order valence-electron chi connectivity index (χ3n) is 3.15. The van der Waals surface area contributed by atoms with Gasteiger partial charge in [-0.25, -0.2) is 15.0 Å². The molecule has 0 N–H and O–H groups in total. The van der Waals surface area contributed by atoms with Crippen LogP contribution in [0.25, 0.3) is 20.4 Å². The molecule has 0 aliphatic rings. The minimum absolute atomic E-state index is 0.197. The summed E-state index contributed by atoms with van der Waals surface area (Å²) in [6, 6.07) is 2.04. The van der Waals surface area contributed by atoms with E-state index in [1.165, 1.54) is 24.6 Å². The van der Waals surface area contributed by atoms with Crippen LogP contribution in [0.4, 0.5) is 0 Å². The van der Waals surface area contributed by atoms with Crippen LogP contribution in [0.15, 0.2) is 12.4 Å². The van der Waals surface area contributed by atoms with Crippen LogP contribution in [-0.2, 0) is 9.53 Å². The Morgan fingerprint density at radius 3 is 2.86 bits per heavy atom. The van der Waals surface area contributed by atoms with Crippen molar-refractivity contribution < 1.29 is 14.3 Å². The fourth-order valence-corrected chi connectivity index (χ4v) is 3.51. The number of carbonyl (C=O) groups excluding carboxylic acids is 1. The van der Waals surface area contributed by atoms with Gasteiger partial charge in [0.1, 0.15) is 29.1 Å². The molecule has 0 bridgehead atoms. The lowest BCUT2D eigenvalue weighted by Crippen LogP contribution is -2.10. The Morgan fingerprint density at radius 1 is 1.27 bits per heavy atom. The Morgan fingerprint density at radius 2 is 2.09 bits per heavy atom. The second-order valence-electron chi connectivity index (χ2n) is 4.91. The number of nitrogens with zero attached hydrogens (tertiary/aromatic N) is 3. The number of fused-ring (bicyclic) bond motifs is 3. The minimum atomic E-state index is -0.325. The van der Waals surface area contributed by atoms with Crippen molar-refractivity contribution >= 4 is 37.7 Å². The first-order valence-corrected chi connectivity index (χ1v) is 7.65. The standard InChI is InChI=1S/C15H15N3O3S/c1-8-6-9(2)18-15-11(8)12-13(22-15)14(17-7-16-12)21-5-4-20-10(3)19/h6-7H,4-5H2,1-3H3. The van der Waals surface area contributed by atoms with Crippen LogP contribution in [0.1, 0.15) is 18.2 Å². The summed E-state index contributed by atoms with van der Waals surface area (Å²) in [5, 5.41) is 1.04. The first-order chi connectivity index (χ1) is 10.6. The van der Waals surface area contributed by atoms with Crippen LogP contribution >= 0.6 is 11.3 Å². The van der Waals surface area contributed by atoms with Crippen molar-refractivity contribution in [3.8, 4) is 5.88 Å². The maximum Gasteiger partial charge on any atom is 0.302 e. The molecule has 0 saturated carbocycles. The highest BCUT2D eigenvalue weighted by Crippen LogP contribution is 2.37. The predicted octanol–water partition coefficient (Wildman–Crippen LogP) is 2.80. The highest BCUT2D eigenvalue weighted by molar-refractivity contribution is 7.25. The highest BCUT2D eigenvalue weighted by atomic mass is 32.1. The van der Waals surface area contributed by atoms with Crippen molar-refractivity contribution in [2.24, 2.45) is 0 Å². The summed E-state index contributed by atoms with van der Waals surface area (Å²) in [6.07, 6.45) is 1.48. The van der Waals surface area contributed by atoms with E-state index in [0.29, 0.717) is 5.88 Å². The molecule has 7 heteroatoms. The third-order valence-corrected chi connectivity index (χ3v) is 4.21. The van der Waals surface area contributed by atoms with E-state index in [1.807, 2.05) is 19.9 Å². The summed E-state index contributed by atoms with van der Waals surface area (Å²) in [7, 11) is 0. The van der Waals surface area contributed by atoms with Gasteiger partial charge in [-0.3, -0.25) is 4.79 Å². The monoisotopic (exact) mass is 317 g/mol. The van der Waals surface area contributed by atoms with E-state index < -0.39 is 0 Å². The molecule has 0 spiro atoms. The molecular weight excluding hydrogens is 302 g/mol. The first kappa shape index (κ1) is 14.6. The maximum atomic E-state index is 10.7. The quantitative estimate of drug-likeness (QED) is 0.544. The van der Waals surface area contributed by atoms with Crippen molar-refractivity contribution in [3.05, 3.63) is 23.7 Å². The molecule has 0 fully saturated rings. The van der Waals surface area contributed by atoms with Gasteiger partial charge in [-0.05, 0) is 25.5 Å². The van der Waals surface area contributed by atoms with Crippen molar-refractivity contribution in [1.29, 1.82) is 0 Å². The molecule has 3 rings (SSSR count). The number of hydrogen-bond acceptors (Lipinski definition) is 7. The smallest absolute Gasteiger partial charge is 0.302 e. The van der Waals surface area contributed by atoms with Crippen LogP contribution in [0.2, 0.25) is 0 Å². The minimum Gasteiger partial charge on any atom is -0.473 e. The van der Waals surface area contributed by atoms with Gasteiger partial charge < -0.3 is 9.47 Å². The second kappa shape index (κ2) is 5.84. The van der Waals surface area contributed by atoms with Crippen molar-refractivity contribution in [2.45, 2.75) is 20.8 Å². The van der Waals surface area contributed by atoms with Gasteiger partial charge in [-0.1, -0.05) is 0 Å². The molecule has 3 aromatic rings. The summed E-state index contributed by atoms with van der Waals surface area (Å²) < 4.78 is 11.3. The molecule has 0 amide bonds. The normalized spacial score (nSPS) is 11.0. The number of thiophene rings is 1. The molecule has 0 atom stereocenters. The zero-order valence-corrected chi connectivity index (χ0v) is 13.4. The van der Waals surface area contributed by atoms with Crippen molar-refractivity contribution in [2.75, 3.05) is 13.2 Å². The highest BCUT2D eigenvalue weighted by Gasteiger charge is 2.15. The molecular formula is C15H15N3O3S. The lowest BCUT2D eigenvalue weighted by molar-refractivity contribution is -0.141. The fourth-order valence-electron chi connectivity index (χ4n) is 2.32. The molecule has 0 aromatic carbocycles. The lowest BCUT2D eigenvalue weighted by Gasteiger charge is -2.05. The number of hydrogen-bond donors (Lipinski definition) is 0. The van der Waals surface area contributed by atoms with Gasteiger partial charge in [0.2, 0.25) is 5.88 Å². The SMILES string of the molecule is CC(=O)OCCOc1ncnc2c1sc1nc(C)cc(C)c12. The summed E-state index contributed by atoms with van der Waals surface area (Å²) in [4.78, 5) is 24.8. The summed E-state index contributed by atoms with van der Waals surface area (Å²) in [5.41, 5.74) is 2.96. The van der Waals surface area contributed by atoms with E-state index in [1.54, 1.807) is 0 Å². The van der Waals surface area contributed by atoms with Gasteiger partial charge in [0.05, 0.1) is 5.52 Å². The molecule has 0 saturated heterocycles. The van der Waals surface area contributed by atoms with Crippen LogP contribution in [-0.4, -0.2) is 34.1 Å². The Kier molecular flexibility index (Phi) is 3.89. The number of ether oxygens (including phenoxy) is 2. The number of pyridine rings is 1. The number of aromatic nitrogens is 3. The molecule has 3 heterocycles. The average Bonchev–Trinajstić information content (AvgIpc) is 2.82. The Balaban J connectivity index is 1.98. The van der Waals surface area contributed by atoms with E-state index in [2.05, 4.69) is 15.0 Å². The number of esters is 1. The van der Waals surface area contributed by atoms with Gasteiger partial charge in [0, 0.05) is 18.0 Å². The summed E-state index contributed by atoms with van der Waals surface area (Å²) in [5.74, 6) is 0.172. The third kappa shape index (κ3) is 2.71. The fraction of sp³-hybridized carbons (Fsp3) is 0.333. The molecule has 114 valence electrons. The lowest BCUT2D eigenvalue weighted by atomic mass is 10.1. The molecule has 0 unspecified atom stereocenters. The van der Waals surface area contributed by atoms with Crippen molar-refractivity contribution in [3.63, 3.8) is 0 Å². The van der Waals surface area contributed by atoms with E-state index in [9.17, 15) is 4.79 Å². The van der Waals surface area contributed by atoms with E-state index in [-0.39, 0.29) is 19.2 Å². The molecule has 3 aromatic heterocycles. The van der Waals surface area contributed by atoms with Gasteiger partial charge in [0.25, 0.3) is 0 Å². The van der Waals surface area contributed by atoms with Gasteiger partial charge in [-0.2, -0.15) is 0 Å². The number of aryl methyl sites for hydroxylation is 2. The molecule has 0 aliphatic carbocycles.